The summed E-state index contributed by atoms with van der Waals surface area (Å²) in [6.45, 7) is 0. The van der Waals surface area contributed by atoms with Crippen LogP contribution in [0.1, 0.15) is 0 Å². The van der Waals surface area contributed by atoms with E-state index in [2.05, 4.69) is 102 Å². The Kier molecular flexibility index (Phi) is 5.64. The lowest BCUT2D eigenvalue weighted by atomic mass is 10.1. The van der Waals surface area contributed by atoms with Gasteiger partial charge in [-0.05, 0) is 23.6 Å². The Hall–Kier alpha value is -4.91. The van der Waals surface area contributed by atoms with E-state index in [1.807, 2.05) is 59.9 Å². The van der Waals surface area contributed by atoms with Gasteiger partial charge in [0, 0.05) is 42.0 Å². The van der Waals surface area contributed by atoms with E-state index in [4.69, 9.17) is 15.0 Å². The molecule has 9 rings (SSSR count). The Morgan fingerprint density at radius 1 is 0.419 bits per heavy atom. The van der Waals surface area contributed by atoms with Gasteiger partial charge in [-0.15, -0.1) is 0 Å². The summed E-state index contributed by atoms with van der Waals surface area (Å²) >= 11 is 3.66. The monoisotopic (exact) mass is 586 g/mol. The van der Waals surface area contributed by atoms with Crippen LogP contribution in [0.25, 0.3) is 61.3 Å². The van der Waals surface area contributed by atoms with Crippen molar-refractivity contribution in [2.24, 2.45) is 0 Å². The lowest BCUT2D eigenvalue weighted by molar-refractivity contribution is 0.946. The summed E-state index contributed by atoms with van der Waals surface area (Å²) in [6.07, 6.45) is 0. The summed E-state index contributed by atoms with van der Waals surface area (Å²) in [4.78, 5) is 20.4. The minimum absolute atomic E-state index is 0.613. The maximum absolute atomic E-state index is 5.20. The number of rotatable bonds is 3. The van der Waals surface area contributed by atoms with Gasteiger partial charge in [-0.3, -0.25) is 4.57 Å². The summed E-state index contributed by atoms with van der Waals surface area (Å²) in [7, 11) is 0. The van der Waals surface area contributed by atoms with Gasteiger partial charge in [0.05, 0.1) is 15.9 Å². The van der Waals surface area contributed by atoms with Crippen molar-refractivity contribution in [3.63, 3.8) is 0 Å². The second-order valence-electron chi connectivity index (χ2n) is 10.5. The summed E-state index contributed by atoms with van der Waals surface area (Å²) < 4.78 is 2.29. The fourth-order valence-corrected chi connectivity index (χ4v) is 8.32. The van der Waals surface area contributed by atoms with Gasteiger partial charge >= 0.3 is 0 Å². The SMILES string of the molecule is c1ccc(-c2nc(-c3ccccc3)nc(-n3c4c5c(ccc4c4ccc6ccccc6c43)Sc3ccccc3S5)n2)cc1. The van der Waals surface area contributed by atoms with Crippen molar-refractivity contribution in [1.29, 1.82) is 0 Å². The van der Waals surface area contributed by atoms with E-state index in [1.165, 1.54) is 41.1 Å². The molecule has 0 atom stereocenters. The van der Waals surface area contributed by atoms with E-state index in [0.717, 1.165) is 22.2 Å². The first kappa shape index (κ1) is 24.7. The average Bonchev–Trinajstić information content (AvgIpc) is 3.43. The lowest BCUT2D eigenvalue weighted by Crippen LogP contribution is -2.07. The molecule has 1 aliphatic heterocycles. The number of nitrogens with zero attached hydrogens (tertiary/aromatic N) is 4. The van der Waals surface area contributed by atoms with Crippen molar-refractivity contribution in [1.82, 2.24) is 19.5 Å². The van der Waals surface area contributed by atoms with Gasteiger partial charge < -0.3 is 0 Å². The zero-order valence-electron chi connectivity index (χ0n) is 22.8. The second kappa shape index (κ2) is 9.83. The number of benzene rings is 6. The van der Waals surface area contributed by atoms with Gasteiger partial charge in [0.15, 0.2) is 11.6 Å². The van der Waals surface area contributed by atoms with Crippen LogP contribution in [0, 0.1) is 0 Å². The van der Waals surface area contributed by atoms with Crippen molar-refractivity contribution in [3.8, 4) is 28.7 Å². The molecule has 0 saturated carbocycles. The van der Waals surface area contributed by atoms with Gasteiger partial charge in [-0.25, -0.2) is 4.98 Å². The van der Waals surface area contributed by atoms with Crippen LogP contribution in [0.15, 0.2) is 153 Å². The predicted octanol–water partition coefficient (Wildman–Crippen LogP) is 10.1. The molecule has 0 aliphatic carbocycles. The Bertz CT molecular complexity index is 2290. The van der Waals surface area contributed by atoms with Gasteiger partial charge in [-0.2, -0.15) is 9.97 Å². The Labute approximate surface area is 256 Å². The highest BCUT2D eigenvalue weighted by Crippen LogP contribution is 2.52. The van der Waals surface area contributed by atoms with E-state index in [0.29, 0.717) is 17.6 Å². The van der Waals surface area contributed by atoms with Crippen molar-refractivity contribution in [2.45, 2.75) is 19.6 Å². The van der Waals surface area contributed by atoms with Crippen LogP contribution >= 0.6 is 23.5 Å². The molecule has 43 heavy (non-hydrogen) atoms. The average molecular weight is 587 g/mol. The first-order valence-electron chi connectivity index (χ1n) is 14.1. The van der Waals surface area contributed by atoms with E-state index in [-0.39, 0.29) is 0 Å². The number of fused-ring (bicyclic) bond motifs is 8. The summed E-state index contributed by atoms with van der Waals surface area (Å²) in [6, 6.07) is 46.6. The van der Waals surface area contributed by atoms with Crippen LogP contribution in [0.4, 0.5) is 0 Å². The fourth-order valence-electron chi connectivity index (χ4n) is 5.94. The van der Waals surface area contributed by atoms with Crippen molar-refractivity contribution in [3.05, 3.63) is 133 Å². The van der Waals surface area contributed by atoms with Crippen LogP contribution in [0.5, 0.6) is 0 Å². The molecule has 6 heteroatoms. The molecule has 0 bridgehead atoms. The molecular weight excluding hydrogens is 565 g/mol. The van der Waals surface area contributed by atoms with Gasteiger partial charge in [0.1, 0.15) is 0 Å². The largest absolute Gasteiger partial charge is 0.276 e. The molecule has 1 aliphatic rings. The van der Waals surface area contributed by atoms with Crippen molar-refractivity contribution in [2.75, 3.05) is 0 Å². The summed E-state index contributed by atoms with van der Waals surface area (Å²) in [5, 5.41) is 4.72. The molecule has 2 aromatic heterocycles. The molecule has 0 saturated heterocycles. The summed E-state index contributed by atoms with van der Waals surface area (Å²) in [5.74, 6) is 1.91. The third kappa shape index (κ3) is 3.98. The molecular formula is C37H22N4S2. The fraction of sp³-hybridized carbons (Fsp3) is 0. The molecule has 0 fully saturated rings. The minimum Gasteiger partial charge on any atom is -0.276 e. The van der Waals surface area contributed by atoms with Gasteiger partial charge in [0.2, 0.25) is 5.95 Å². The molecule has 0 spiro atoms. The van der Waals surface area contributed by atoms with Crippen LogP contribution < -0.4 is 0 Å². The molecule has 6 aromatic carbocycles. The van der Waals surface area contributed by atoms with Crippen LogP contribution in [0.2, 0.25) is 0 Å². The molecule has 0 unspecified atom stereocenters. The molecule has 3 heterocycles. The Morgan fingerprint density at radius 3 is 1.72 bits per heavy atom. The number of aromatic nitrogens is 4. The molecule has 0 N–H and O–H groups in total. The van der Waals surface area contributed by atoms with Crippen molar-refractivity contribution >= 4 is 56.1 Å². The first-order valence-corrected chi connectivity index (χ1v) is 15.8. The Balaban J connectivity index is 1.43. The molecule has 4 nitrogen and oxygen atoms in total. The van der Waals surface area contributed by atoms with Crippen LogP contribution in [0.3, 0.4) is 0 Å². The highest BCUT2D eigenvalue weighted by atomic mass is 32.2. The van der Waals surface area contributed by atoms with E-state index >= 15 is 0 Å². The smallest absolute Gasteiger partial charge is 0.238 e. The van der Waals surface area contributed by atoms with Gasteiger partial charge in [0.25, 0.3) is 0 Å². The normalized spacial score (nSPS) is 12.5. The maximum Gasteiger partial charge on any atom is 0.238 e. The number of hydrogen-bond donors (Lipinski definition) is 0. The highest BCUT2D eigenvalue weighted by Gasteiger charge is 2.26. The van der Waals surface area contributed by atoms with E-state index < -0.39 is 0 Å². The zero-order valence-corrected chi connectivity index (χ0v) is 24.4. The van der Waals surface area contributed by atoms with E-state index in [9.17, 15) is 0 Å². The standard InChI is InChI=1S/C37H22N4S2/c1-3-12-24(13-4-1)35-38-36(25-14-5-2-6-15-25)40-37(39-35)41-32-26-16-8-7-11-23(26)19-20-27(32)28-21-22-31-34(33(28)41)43-30-18-10-9-17-29(30)42-31/h1-22H. The third-order valence-electron chi connectivity index (χ3n) is 7.90. The van der Waals surface area contributed by atoms with Gasteiger partial charge in [-0.1, -0.05) is 139 Å². The molecule has 0 amide bonds. The zero-order chi connectivity index (χ0) is 28.3. The lowest BCUT2D eigenvalue weighted by Gasteiger charge is -2.20. The number of hydrogen-bond acceptors (Lipinski definition) is 5. The third-order valence-corrected chi connectivity index (χ3v) is 10.5. The first-order chi connectivity index (χ1) is 21.3. The molecule has 0 radical (unpaired) electrons. The quantitative estimate of drug-likeness (QED) is 0.206. The van der Waals surface area contributed by atoms with Crippen LogP contribution in [-0.4, -0.2) is 19.5 Å². The molecule has 202 valence electrons. The Morgan fingerprint density at radius 2 is 1.00 bits per heavy atom. The van der Waals surface area contributed by atoms with E-state index in [1.54, 1.807) is 0 Å². The minimum atomic E-state index is 0.613. The second-order valence-corrected chi connectivity index (χ2v) is 12.6. The highest BCUT2D eigenvalue weighted by molar-refractivity contribution is 8.05. The topological polar surface area (TPSA) is 43.6 Å². The maximum atomic E-state index is 5.20. The predicted molar refractivity (Wildman–Crippen MR) is 177 cm³/mol. The molecule has 8 aromatic rings. The van der Waals surface area contributed by atoms with Crippen molar-refractivity contribution < 1.29 is 0 Å². The summed E-state index contributed by atoms with van der Waals surface area (Å²) in [5.41, 5.74) is 4.14. The van der Waals surface area contributed by atoms with Crippen LogP contribution in [-0.2, 0) is 0 Å².